The molecule has 5 heteroatoms. The molecule has 1 amide bonds. The number of nitrogens with one attached hydrogen (secondary N) is 1. The highest BCUT2D eigenvalue weighted by molar-refractivity contribution is 5.77. The van der Waals surface area contributed by atoms with Crippen molar-refractivity contribution >= 4 is 5.91 Å². The molecule has 0 fully saturated rings. The summed E-state index contributed by atoms with van der Waals surface area (Å²) in [4.78, 5) is 11.6. The van der Waals surface area contributed by atoms with Gasteiger partial charge in [0.15, 0.2) is 18.1 Å². The summed E-state index contributed by atoms with van der Waals surface area (Å²) in [7, 11) is 1.57. The van der Waals surface area contributed by atoms with Crippen molar-refractivity contribution in [3.63, 3.8) is 0 Å². The Kier molecular flexibility index (Phi) is 6.31. The molecule has 0 aliphatic heterocycles. The molecule has 0 saturated carbocycles. The van der Waals surface area contributed by atoms with Crippen molar-refractivity contribution < 1.29 is 14.3 Å². The molecule has 1 aromatic carbocycles. The summed E-state index contributed by atoms with van der Waals surface area (Å²) in [6.45, 7) is 5.72. The van der Waals surface area contributed by atoms with Crippen LogP contribution in [-0.2, 0) is 11.2 Å². The van der Waals surface area contributed by atoms with Crippen LogP contribution in [0.5, 0.6) is 11.5 Å². The van der Waals surface area contributed by atoms with Crippen LogP contribution in [0.15, 0.2) is 18.2 Å². The predicted molar refractivity (Wildman–Crippen MR) is 79.1 cm³/mol. The maximum Gasteiger partial charge on any atom is 0.258 e. The lowest BCUT2D eigenvalue weighted by molar-refractivity contribution is -0.123. The molecule has 0 bridgehead atoms. The summed E-state index contributed by atoms with van der Waals surface area (Å²) in [6, 6.07) is 5.81. The third-order valence-corrected chi connectivity index (χ3v) is 2.59. The van der Waals surface area contributed by atoms with E-state index in [1.54, 1.807) is 7.11 Å². The van der Waals surface area contributed by atoms with Crippen molar-refractivity contribution in [3.05, 3.63) is 23.8 Å². The van der Waals surface area contributed by atoms with Gasteiger partial charge < -0.3 is 20.5 Å². The fraction of sp³-hybridized carbons (Fsp3) is 0.533. The molecule has 0 radical (unpaired) electrons. The second kappa shape index (κ2) is 7.75. The molecule has 1 aromatic rings. The van der Waals surface area contributed by atoms with E-state index >= 15 is 0 Å². The minimum absolute atomic E-state index is 0.0316. The first-order valence-corrected chi connectivity index (χ1v) is 6.77. The van der Waals surface area contributed by atoms with Gasteiger partial charge in [-0.25, -0.2) is 0 Å². The normalized spacial score (nSPS) is 12.1. The van der Waals surface area contributed by atoms with E-state index in [1.807, 2.05) is 39.0 Å². The van der Waals surface area contributed by atoms with E-state index < -0.39 is 0 Å². The number of hydrogen-bond acceptors (Lipinski definition) is 4. The third kappa shape index (κ3) is 5.48. The first-order valence-electron chi connectivity index (χ1n) is 6.77. The fourth-order valence-corrected chi connectivity index (χ4v) is 1.84. The number of carbonyl (C=O) groups is 1. The average molecular weight is 280 g/mol. The van der Waals surface area contributed by atoms with Crippen molar-refractivity contribution in [2.75, 3.05) is 13.7 Å². The van der Waals surface area contributed by atoms with Crippen LogP contribution in [-0.4, -0.2) is 31.7 Å². The van der Waals surface area contributed by atoms with Crippen LogP contribution in [0.3, 0.4) is 0 Å². The van der Waals surface area contributed by atoms with Crippen LogP contribution in [0, 0.1) is 0 Å². The molecule has 0 aliphatic carbocycles. The highest BCUT2D eigenvalue weighted by Crippen LogP contribution is 2.28. The molecule has 5 nitrogen and oxygen atoms in total. The monoisotopic (exact) mass is 280 g/mol. The number of carbonyl (C=O) groups excluding carboxylic acids is 1. The SMILES string of the molecule is COc1ccc(CC(C)N)cc1OCC(=O)NC(C)C. The van der Waals surface area contributed by atoms with Crippen molar-refractivity contribution in [3.8, 4) is 11.5 Å². The van der Waals surface area contributed by atoms with Gasteiger partial charge in [-0.05, 0) is 44.9 Å². The Hall–Kier alpha value is -1.75. The lowest BCUT2D eigenvalue weighted by atomic mass is 10.1. The van der Waals surface area contributed by atoms with Gasteiger partial charge in [-0.1, -0.05) is 6.07 Å². The summed E-state index contributed by atoms with van der Waals surface area (Å²) in [5.41, 5.74) is 6.84. The Morgan fingerprint density at radius 1 is 1.30 bits per heavy atom. The second-order valence-electron chi connectivity index (χ2n) is 5.18. The van der Waals surface area contributed by atoms with Crippen molar-refractivity contribution in [2.24, 2.45) is 5.73 Å². The number of rotatable bonds is 7. The first kappa shape index (κ1) is 16.3. The molecular formula is C15H24N2O3. The van der Waals surface area contributed by atoms with Crippen LogP contribution in [0.4, 0.5) is 0 Å². The largest absolute Gasteiger partial charge is 0.493 e. The van der Waals surface area contributed by atoms with E-state index in [9.17, 15) is 4.79 Å². The minimum atomic E-state index is -0.153. The standard InChI is InChI=1S/C15H24N2O3/c1-10(2)17-15(18)9-20-14-8-12(7-11(3)16)5-6-13(14)19-4/h5-6,8,10-11H,7,9,16H2,1-4H3,(H,17,18). The number of methoxy groups -OCH3 is 1. The van der Waals surface area contributed by atoms with Crippen LogP contribution < -0.4 is 20.5 Å². The Morgan fingerprint density at radius 2 is 2.00 bits per heavy atom. The van der Waals surface area contributed by atoms with E-state index in [-0.39, 0.29) is 24.6 Å². The van der Waals surface area contributed by atoms with Gasteiger partial charge in [0.25, 0.3) is 5.91 Å². The molecule has 0 heterocycles. The predicted octanol–water partition coefficient (Wildman–Crippen LogP) is 1.49. The summed E-state index contributed by atoms with van der Waals surface area (Å²) in [5.74, 6) is 1.01. The van der Waals surface area contributed by atoms with Gasteiger partial charge in [-0.15, -0.1) is 0 Å². The maximum absolute atomic E-state index is 11.6. The van der Waals surface area contributed by atoms with Crippen LogP contribution in [0.25, 0.3) is 0 Å². The van der Waals surface area contributed by atoms with Gasteiger partial charge in [0.05, 0.1) is 7.11 Å². The number of nitrogens with two attached hydrogens (primary N) is 1. The summed E-state index contributed by atoms with van der Waals surface area (Å²) in [5, 5.41) is 2.77. The lowest BCUT2D eigenvalue weighted by Crippen LogP contribution is -2.34. The zero-order valence-corrected chi connectivity index (χ0v) is 12.6. The van der Waals surface area contributed by atoms with Gasteiger partial charge in [0.2, 0.25) is 0 Å². The molecule has 20 heavy (non-hydrogen) atoms. The van der Waals surface area contributed by atoms with Gasteiger partial charge in [0, 0.05) is 12.1 Å². The van der Waals surface area contributed by atoms with Crippen molar-refractivity contribution in [1.82, 2.24) is 5.32 Å². The molecule has 0 aliphatic rings. The van der Waals surface area contributed by atoms with Gasteiger partial charge in [-0.3, -0.25) is 4.79 Å². The van der Waals surface area contributed by atoms with Crippen molar-refractivity contribution in [2.45, 2.75) is 39.3 Å². The summed E-state index contributed by atoms with van der Waals surface area (Å²) < 4.78 is 10.8. The van der Waals surface area contributed by atoms with Crippen molar-refractivity contribution in [1.29, 1.82) is 0 Å². The molecule has 1 unspecified atom stereocenters. The first-order chi connectivity index (χ1) is 9.42. The second-order valence-corrected chi connectivity index (χ2v) is 5.18. The number of benzene rings is 1. The molecule has 0 aromatic heterocycles. The molecular weight excluding hydrogens is 256 g/mol. The van der Waals surface area contributed by atoms with Gasteiger partial charge in [-0.2, -0.15) is 0 Å². The maximum atomic E-state index is 11.6. The fourth-order valence-electron chi connectivity index (χ4n) is 1.84. The van der Waals surface area contributed by atoms with E-state index in [4.69, 9.17) is 15.2 Å². The summed E-state index contributed by atoms with van der Waals surface area (Å²) >= 11 is 0. The van der Waals surface area contributed by atoms with Crippen LogP contribution in [0.2, 0.25) is 0 Å². The number of ether oxygens (including phenoxy) is 2. The average Bonchev–Trinajstić information content (AvgIpc) is 2.35. The molecule has 3 N–H and O–H groups in total. The quantitative estimate of drug-likeness (QED) is 0.793. The Morgan fingerprint density at radius 3 is 2.55 bits per heavy atom. The highest BCUT2D eigenvalue weighted by atomic mass is 16.5. The van der Waals surface area contributed by atoms with Crippen LogP contribution in [0.1, 0.15) is 26.3 Å². The van der Waals surface area contributed by atoms with Gasteiger partial charge >= 0.3 is 0 Å². The van der Waals surface area contributed by atoms with E-state index in [0.717, 1.165) is 12.0 Å². The molecule has 0 spiro atoms. The van der Waals surface area contributed by atoms with E-state index in [1.165, 1.54) is 0 Å². The van der Waals surface area contributed by atoms with Crippen LogP contribution >= 0.6 is 0 Å². The Balaban J connectivity index is 2.73. The van der Waals surface area contributed by atoms with E-state index in [2.05, 4.69) is 5.32 Å². The van der Waals surface area contributed by atoms with E-state index in [0.29, 0.717) is 11.5 Å². The number of amides is 1. The number of hydrogen-bond donors (Lipinski definition) is 2. The molecule has 1 rings (SSSR count). The Labute approximate surface area is 120 Å². The molecule has 0 saturated heterocycles. The highest BCUT2D eigenvalue weighted by Gasteiger charge is 2.10. The third-order valence-electron chi connectivity index (χ3n) is 2.59. The zero-order valence-electron chi connectivity index (χ0n) is 12.6. The zero-order chi connectivity index (χ0) is 15.1. The molecule has 112 valence electrons. The smallest absolute Gasteiger partial charge is 0.258 e. The Bertz CT molecular complexity index is 445. The lowest BCUT2D eigenvalue weighted by Gasteiger charge is -2.14. The minimum Gasteiger partial charge on any atom is -0.493 e. The molecule has 1 atom stereocenters. The topological polar surface area (TPSA) is 73.6 Å². The van der Waals surface area contributed by atoms with Gasteiger partial charge in [0.1, 0.15) is 0 Å². The summed E-state index contributed by atoms with van der Waals surface area (Å²) in [6.07, 6.45) is 0.749.